The molecule has 0 unspecified atom stereocenters. The van der Waals surface area contributed by atoms with E-state index in [1.165, 1.54) is 6.07 Å². The Labute approximate surface area is 159 Å². The summed E-state index contributed by atoms with van der Waals surface area (Å²) in [6.45, 7) is 3.35. The fourth-order valence-electron chi connectivity index (χ4n) is 2.09. The maximum Gasteiger partial charge on any atom is 0.275 e. The first-order valence-corrected chi connectivity index (χ1v) is 8.62. The predicted molar refractivity (Wildman–Crippen MR) is 106 cm³/mol. The second kappa shape index (κ2) is 8.61. The van der Waals surface area contributed by atoms with Gasteiger partial charge >= 0.3 is 0 Å². The normalized spacial score (nSPS) is 11.1. The first-order valence-electron chi connectivity index (χ1n) is 7.54. The number of hydrogen-bond acceptors (Lipinski definition) is 4. The fourth-order valence-corrected chi connectivity index (χ4v) is 2.64. The van der Waals surface area contributed by atoms with Gasteiger partial charge in [0.1, 0.15) is 5.75 Å². The lowest BCUT2D eigenvalue weighted by Crippen LogP contribution is -2.21. The molecule has 2 amide bonds. The highest BCUT2D eigenvalue weighted by Crippen LogP contribution is 2.21. The van der Waals surface area contributed by atoms with Crippen LogP contribution in [0.4, 0.5) is 5.69 Å². The van der Waals surface area contributed by atoms with Crippen molar-refractivity contribution in [3.63, 3.8) is 0 Å². The third kappa shape index (κ3) is 5.56. The van der Waals surface area contributed by atoms with Gasteiger partial charge in [0.2, 0.25) is 5.91 Å². The maximum absolute atomic E-state index is 12.1. The second-order valence-electron chi connectivity index (χ2n) is 5.49. The number of hydrazone groups is 1. The van der Waals surface area contributed by atoms with E-state index in [1.807, 2.05) is 18.2 Å². The van der Waals surface area contributed by atoms with E-state index in [2.05, 4.69) is 38.4 Å². The van der Waals surface area contributed by atoms with Crippen molar-refractivity contribution >= 4 is 45.8 Å². The summed E-state index contributed by atoms with van der Waals surface area (Å²) in [7, 11) is 0. The Kier molecular flexibility index (Phi) is 6.51. The molecule has 0 aromatic heterocycles. The van der Waals surface area contributed by atoms with E-state index in [9.17, 15) is 14.7 Å². The number of phenolic OH excluding ortho intramolecular Hbond substituents is 1. The van der Waals surface area contributed by atoms with Crippen molar-refractivity contribution in [3.8, 4) is 5.75 Å². The van der Waals surface area contributed by atoms with Crippen molar-refractivity contribution in [3.05, 3.63) is 57.2 Å². The van der Waals surface area contributed by atoms with Crippen molar-refractivity contribution in [1.82, 2.24) is 5.43 Å². The molecule has 2 aromatic rings. The van der Waals surface area contributed by atoms with Gasteiger partial charge in [0.05, 0.1) is 12.0 Å². The van der Waals surface area contributed by atoms with Crippen LogP contribution in [0.25, 0.3) is 0 Å². The molecule has 0 radical (unpaired) electrons. The van der Waals surface area contributed by atoms with Gasteiger partial charge in [-0.15, -0.1) is 0 Å². The van der Waals surface area contributed by atoms with Crippen LogP contribution in [0.3, 0.4) is 0 Å². The molecule has 0 aliphatic carbocycles. The summed E-state index contributed by atoms with van der Waals surface area (Å²) < 4.78 is 1.02. The molecule has 0 atom stereocenters. The molecular formula is C18H18IN3O3. The van der Waals surface area contributed by atoms with Crippen molar-refractivity contribution < 1.29 is 14.7 Å². The van der Waals surface area contributed by atoms with Gasteiger partial charge in [0, 0.05) is 15.0 Å². The Hall–Kier alpha value is -2.42. The van der Waals surface area contributed by atoms with Crippen LogP contribution in [0.1, 0.15) is 29.3 Å². The van der Waals surface area contributed by atoms with E-state index < -0.39 is 5.91 Å². The summed E-state index contributed by atoms with van der Waals surface area (Å²) in [5.41, 5.74) is 4.25. The first-order chi connectivity index (χ1) is 11.9. The van der Waals surface area contributed by atoms with Crippen molar-refractivity contribution in [2.24, 2.45) is 5.10 Å². The minimum Gasteiger partial charge on any atom is -0.507 e. The number of nitrogens with one attached hydrogen (secondary N) is 2. The molecule has 0 bridgehead atoms. The lowest BCUT2D eigenvalue weighted by atomic mass is 10.1. The summed E-state index contributed by atoms with van der Waals surface area (Å²) in [4.78, 5) is 24.1. The van der Waals surface area contributed by atoms with E-state index in [-0.39, 0.29) is 23.6 Å². The van der Waals surface area contributed by atoms with Crippen LogP contribution in [0.15, 0.2) is 47.6 Å². The quantitative estimate of drug-likeness (QED) is 0.370. The molecule has 3 N–H and O–H groups in total. The molecule has 2 rings (SSSR count). The summed E-state index contributed by atoms with van der Waals surface area (Å²) >= 11 is 2.17. The number of rotatable bonds is 5. The third-order valence-corrected chi connectivity index (χ3v) is 4.03. The third-order valence-electron chi connectivity index (χ3n) is 3.36. The Balaban J connectivity index is 1.93. The summed E-state index contributed by atoms with van der Waals surface area (Å²) in [6.07, 6.45) is 0.0472. The van der Waals surface area contributed by atoms with Gasteiger partial charge in [-0.05, 0) is 66.3 Å². The molecule has 0 aliphatic heterocycles. The van der Waals surface area contributed by atoms with Gasteiger partial charge in [0.25, 0.3) is 5.91 Å². The molecule has 2 aromatic carbocycles. The number of hydrogen-bond donors (Lipinski definition) is 3. The summed E-state index contributed by atoms with van der Waals surface area (Å²) in [6, 6.07) is 12.3. The van der Waals surface area contributed by atoms with E-state index in [0.29, 0.717) is 17.0 Å². The molecule has 0 heterocycles. The summed E-state index contributed by atoms with van der Waals surface area (Å²) in [5.74, 6) is -0.834. The average molecular weight is 451 g/mol. The lowest BCUT2D eigenvalue weighted by Gasteiger charge is -2.07. The van der Waals surface area contributed by atoms with Gasteiger partial charge in [-0.3, -0.25) is 9.59 Å². The number of nitrogens with zero attached hydrogens (tertiary/aromatic N) is 1. The van der Waals surface area contributed by atoms with Gasteiger partial charge in [-0.2, -0.15) is 5.10 Å². The second-order valence-corrected chi connectivity index (χ2v) is 6.74. The smallest absolute Gasteiger partial charge is 0.275 e. The predicted octanol–water partition coefficient (Wildman–Crippen LogP) is 3.44. The first kappa shape index (κ1) is 18.9. The van der Waals surface area contributed by atoms with Crippen LogP contribution in [0.2, 0.25) is 0 Å². The summed E-state index contributed by atoms with van der Waals surface area (Å²) in [5, 5.41) is 16.6. The number of anilines is 1. The van der Waals surface area contributed by atoms with Crippen LogP contribution in [0, 0.1) is 10.5 Å². The Morgan fingerprint density at radius 3 is 2.64 bits per heavy atom. The number of aryl methyl sites for hydroxylation is 1. The van der Waals surface area contributed by atoms with Gasteiger partial charge in [-0.25, -0.2) is 5.43 Å². The number of para-hydroxylation sites is 1. The van der Waals surface area contributed by atoms with Crippen LogP contribution in [-0.4, -0.2) is 22.6 Å². The van der Waals surface area contributed by atoms with Crippen molar-refractivity contribution in [2.75, 3.05) is 5.32 Å². The van der Waals surface area contributed by atoms with Crippen molar-refractivity contribution in [1.29, 1.82) is 0 Å². The molecule has 130 valence electrons. The number of aromatic hydroxyl groups is 1. The van der Waals surface area contributed by atoms with Crippen LogP contribution >= 0.6 is 22.6 Å². The highest BCUT2D eigenvalue weighted by molar-refractivity contribution is 14.1. The molecule has 7 heteroatoms. The molecular weight excluding hydrogens is 433 g/mol. The van der Waals surface area contributed by atoms with Gasteiger partial charge in [0.15, 0.2) is 0 Å². The van der Waals surface area contributed by atoms with Crippen LogP contribution in [0.5, 0.6) is 5.75 Å². The van der Waals surface area contributed by atoms with E-state index in [1.54, 1.807) is 32.0 Å². The number of phenols is 1. The Morgan fingerprint density at radius 2 is 1.92 bits per heavy atom. The number of halogens is 1. The minimum absolute atomic E-state index is 0.0472. The molecule has 25 heavy (non-hydrogen) atoms. The monoisotopic (exact) mass is 451 g/mol. The van der Waals surface area contributed by atoms with Crippen LogP contribution in [-0.2, 0) is 4.79 Å². The fraction of sp³-hybridized carbons (Fsp3) is 0.167. The van der Waals surface area contributed by atoms with Gasteiger partial charge in [-0.1, -0.05) is 18.2 Å². The molecule has 6 nitrogen and oxygen atoms in total. The molecule has 0 fully saturated rings. The lowest BCUT2D eigenvalue weighted by molar-refractivity contribution is -0.115. The number of carbonyl (C=O) groups is 2. The average Bonchev–Trinajstić information content (AvgIpc) is 2.55. The van der Waals surface area contributed by atoms with E-state index in [0.717, 1.165) is 3.57 Å². The molecule has 0 saturated heterocycles. The SMILES string of the molecule is C/C(CC(=O)Nc1cccc(I)c1)=N/NC(=O)c1cccc(C)c1O. The number of carbonyl (C=O) groups excluding carboxylic acids is 2. The maximum atomic E-state index is 12.1. The number of benzene rings is 2. The van der Waals surface area contributed by atoms with Gasteiger partial charge < -0.3 is 10.4 Å². The zero-order chi connectivity index (χ0) is 18.4. The van der Waals surface area contributed by atoms with E-state index in [4.69, 9.17) is 0 Å². The highest BCUT2D eigenvalue weighted by atomic mass is 127. The number of amides is 2. The van der Waals surface area contributed by atoms with E-state index >= 15 is 0 Å². The molecule has 0 aliphatic rings. The zero-order valence-electron chi connectivity index (χ0n) is 13.8. The Bertz CT molecular complexity index is 834. The standard InChI is InChI=1S/C18H18IN3O3/c1-11-5-3-8-15(17(11)24)18(25)22-21-12(2)9-16(23)20-14-7-4-6-13(19)10-14/h3-8,10,24H,9H2,1-2H3,(H,20,23)(H,22,25)/b21-12-. The zero-order valence-corrected chi connectivity index (χ0v) is 16.0. The Morgan fingerprint density at radius 1 is 1.20 bits per heavy atom. The molecule has 0 spiro atoms. The van der Waals surface area contributed by atoms with Crippen LogP contribution < -0.4 is 10.7 Å². The van der Waals surface area contributed by atoms with Crippen molar-refractivity contribution in [2.45, 2.75) is 20.3 Å². The highest BCUT2D eigenvalue weighted by Gasteiger charge is 2.12. The largest absolute Gasteiger partial charge is 0.507 e. The molecule has 0 saturated carbocycles. The minimum atomic E-state index is -0.529. The topological polar surface area (TPSA) is 90.8 Å².